The van der Waals surface area contributed by atoms with Crippen LogP contribution in [0.25, 0.3) is 0 Å². The van der Waals surface area contributed by atoms with Crippen LogP contribution in [0.2, 0.25) is 0 Å². The molecule has 1 unspecified atom stereocenters. The Balaban J connectivity index is 1.66. The summed E-state index contributed by atoms with van der Waals surface area (Å²) in [6, 6.07) is 16.2. The molecule has 3 aromatic carbocycles. The number of fused-ring (bicyclic) bond motifs is 1. The van der Waals surface area contributed by atoms with E-state index in [9.17, 15) is 4.39 Å². The second-order valence-electron chi connectivity index (χ2n) is 8.38. The van der Waals surface area contributed by atoms with Gasteiger partial charge in [-0.05, 0) is 97.2 Å². The first-order valence-corrected chi connectivity index (χ1v) is 11.6. The number of ether oxygens (including phenoxy) is 3. The van der Waals surface area contributed by atoms with Crippen molar-refractivity contribution < 1.29 is 18.6 Å². The van der Waals surface area contributed by atoms with Crippen LogP contribution in [0.5, 0.6) is 17.2 Å². The third kappa shape index (κ3) is 5.09. The molecule has 0 aliphatic carbocycles. The number of methoxy groups -OCH3 is 2. The van der Waals surface area contributed by atoms with Gasteiger partial charge in [0.05, 0.1) is 20.3 Å². The third-order valence-electron chi connectivity index (χ3n) is 6.12. The molecule has 34 heavy (non-hydrogen) atoms. The van der Waals surface area contributed by atoms with Crippen molar-refractivity contribution in [1.29, 1.82) is 0 Å². The number of aryl methyl sites for hydroxylation is 2. The van der Waals surface area contributed by atoms with Gasteiger partial charge in [0.1, 0.15) is 18.2 Å². The second-order valence-corrected chi connectivity index (χ2v) is 8.77. The van der Waals surface area contributed by atoms with E-state index in [1.165, 1.54) is 12.1 Å². The van der Waals surface area contributed by atoms with Gasteiger partial charge < -0.3 is 24.4 Å². The topological polar surface area (TPSA) is 43.0 Å². The zero-order valence-corrected chi connectivity index (χ0v) is 20.7. The van der Waals surface area contributed by atoms with Gasteiger partial charge >= 0.3 is 0 Å². The summed E-state index contributed by atoms with van der Waals surface area (Å²) in [4.78, 5) is 2.15. The van der Waals surface area contributed by atoms with Crippen molar-refractivity contribution in [2.75, 3.05) is 32.7 Å². The van der Waals surface area contributed by atoms with Crippen molar-refractivity contribution in [1.82, 2.24) is 4.90 Å². The molecule has 7 heteroatoms. The zero-order chi connectivity index (χ0) is 24.2. The van der Waals surface area contributed by atoms with Gasteiger partial charge in [0.2, 0.25) is 0 Å². The van der Waals surface area contributed by atoms with Crippen molar-refractivity contribution >= 4 is 23.0 Å². The highest BCUT2D eigenvalue weighted by Gasteiger charge is 2.31. The Bertz CT molecular complexity index is 1180. The van der Waals surface area contributed by atoms with E-state index >= 15 is 0 Å². The first kappa shape index (κ1) is 23.8. The maximum atomic E-state index is 13.4. The number of halogens is 1. The molecule has 3 aromatic rings. The number of anilines is 1. The van der Waals surface area contributed by atoms with Crippen LogP contribution in [-0.4, -0.2) is 37.4 Å². The predicted octanol–water partition coefficient (Wildman–Crippen LogP) is 5.83. The number of nitrogens with one attached hydrogen (secondary N) is 1. The van der Waals surface area contributed by atoms with Crippen LogP contribution in [0.4, 0.5) is 10.1 Å². The molecule has 0 spiro atoms. The molecule has 5 nitrogen and oxygen atoms in total. The number of hydrogen-bond acceptors (Lipinski definition) is 4. The van der Waals surface area contributed by atoms with E-state index in [1.54, 1.807) is 26.4 Å². The normalized spacial score (nSPS) is 14.9. The molecule has 0 amide bonds. The SMILES string of the molecule is COc1cc2c(cc1OC)C(COc1ccc(F)cc1)N(C(=S)Nc1cc(C)ccc1C)CC2. The minimum atomic E-state index is -0.298. The smallest absolute Gasteiger partial charge is 0.174 e. The number of rotatable bonds is 6. The maximum Gasteiger partial charge on any atom is 0.174 e. The van der Waals surface area contributed by atoms with Crippen LogP contribution >= 0.6 is 12.2 Å². The summed E-state index contributed by atoms with van der Waals surface area (Å²) in [5.41, 5.74) is 5.50. The van der Waals surface area contributed by atoms with Crippen molar-refractivity contribution in [2.24, 2.45) is 0 Å². The van der Waals surface area contributed by atoms with Crippen LogP contribution in [0.15, 0.2) is 54.6 Å². The fourth-order valence-corrected chi connectivity index (χ4v) is 4.54. The maximum absolute atomic E-state index is 13.4. The van der Waals surface area contributed by atoms with Gasteiger partial charge in [-0.1, -0.05) is 12.1 Å². The lowest BCUT2D eigenvalue weighted by atomic mass is 9.92. The zero-order valence-electron chi connectivity index (χ0n) is 19.9. The molecule has 0 aromatic heterocycles. The highest BCUT2D eigenvalue weighted by atomic mass is 32.1. The van der Waals surface area contributed by atoms with Crippen molar-refractivity contribution in [3.63, 3.8) is 0 Å². The van der Waals surface area contributed by atoms with Crippen LogP contribution in [0.1, 0.15) is 28.3 Å². The number of benzene rings is 3. The van der Waals surface area contributed by atoms with Crippen LogP contribution in [0.3, 0.4) is 0 Å². The van der Waals surface area contributed by atoms with E-state index in [0.29, 0.717) is 29.0 Å². The highest BCUT2D eigenvalue weighted by molar-refractivity contribution is 7.80. The second kappa shape index (κ2) is 10.3. The van der Waals surface area contributed by atoms with Gasteiger partial charge in [0.25, 0.3) is 0 Å². The Kier molecular flexibility index (Phi) is 7.22. The molecule has 1 heterocycles. The average Bonchev–Trinajstić information content (AvgIpc) is 2.84. The quantitative estimate of drug-likeness (QED) is 0.448. The van der Waals surface area contributed by atoms with Crippen molar-refractivity contribution in [2.45, 2.75) is 26.3 Å². The Morgan fingerprint density at radius 3 is 2.44 bits per heavy atom. The van der Waals surface area contributed by atoms with Crippen LogP contribution < -0.4 is 19.5 Å². The number of nitrogens with zero attached hydrogens (tertiary/aromatic N) is 1. The molecular formula is C27H29FN2O3S. The lowest BCUT2D eigenvalue weighted by Gasteiger charge is -2.39. The van der Waals surface area contributed by atoms with Crippen LogP contribution in [-0.2, 0) is 6.42 Å². The molecule has 1 N–H and O–H groups in total. The molecule has 1 aliphatic rings. The van der Waals surface area contributed by atoms with Gasteiger partial charge in [-0.3, -0.25) is 0 Å². The summed E-state index contributed by atoms with van der Waals surface area (Å²) in [7, 11) is 3.26. The summed E-state index contributed by atoms with van der Waals surface area (Å²) in [6.45, 7) is 5.17. The summed E-state index contributed by atoms with van der Waals surface area (Å²) in [5.74, 6) is 1.65. The molecule has 0 fully saturated rings. The Hall–Kier alpha value is -3.32. The molecule has 178 valence electrons. The van der Waals surface area contributed by atoms with Crippen molar-refractivity contribution in [3.05, 3.63) is 82.7 Å². The summed E-state index contributed by atoms with van der Waals surface area (Å²) < 4.78 is 30.5. The molecule has 1 atom stereocenters. The molecule has 0 saturated heterocycles. The summed E-state index contributed by atoms with van der Waals surface area (Å²) in [5, 5.41) is 4.06. The molecule has 1 aliphatic heterocycles. The average molecular weight is 481 g/mol. The van der Waals surface area contributed by atoms with E-state index in [0.717, 1.165) is 40.9 Å². The van der Waals surface area contributed by atoms with Gasteiger partial charge in [-0.15, -0.1) is 0 Å². The van der Waals surface area contributed by atoms with Gasteiger partial charge in [-0.25, -0.2) is 4.39 Å². The largest absolute Gasteiger partial charge is 0.493 e. The monoisotopic (exact) mass is 480 g/mol. The summed E-state index contributed by atoms with van der Waals surface area (Å²) >= 11 is 5.88. The van der Waals surface area contributed by atoms with Gasteiger partial charge in [0.15, 0.2) is 16.6 Å². The molecule has 0 bridgehead atoms. The Morgan fingerprint density at radius 1 is 1.03 bits per heavy atom. The Labute approximate surface area is 205 Å². The van der Waals surface area contributed by atoms with E-state index in [1.807, 2.05) is 12.1 Å². The minimum Gasteiger partial charge on any atom is -0.493 e. The molecule has 0 saturated carbocycles. The van der Waals surface area contributed by atoms with E-state index < -0.39 is 0 Å². The third-order valence-corrected chi connectivity index (χ3v) is 6.46. The molecule has 4 rings (SSSR count). The van der Waals surface area contributed by atoms with Crippen LogP contribution in [0, 0.1) is 19.7 Å². The van der Waals surface area contributed by atoms with Crippen molar-refractivity contribution in [3.8, 4) is 17.2 Å². The van der Waals surface area contributed by atoms with Gasteiger partial charge in [0, 0.05) is 12.2 Å². The fourth-order valence-electron chi connectivity index (χ4n) is 4.21. The van der Waals surface area contributed by atoms with E-state index in [4.69, 9.17) is 26.4 Å². The lowest BCUT2D eigenvalue weighted by molar-refractivity contribution is 0.190. The Morgan fingerprint density at radius 2 is 1.74 bits per heavy atom. The van der Waals surface area contributed by atoms with E-state index in [-0.39, 0.29) is 11.9 Å². The standard InChI is InChI=1S/C27H29FN2O3S/c1-17-5-6-18(2)23(13-17)29-27(34)30-12-11-19-14-25(31-3)26(32-4)15-22(19)24(30)16-33-21-9-7-20(28)8-10-21/h5-10,13-15,24H,11-12,16H2,1-4H3,(H,29,34). The lowest BCUT2D eigenvalue weighted by Crippen LogP contribution is -2.44. The molecular weight excluding hydrogens is 451 g/mol. The summed E-state index contributed by atoms with van der Waals surface area (Å²) in [6.07, 6.45) is 0.803. The first-order chi connectivity index (χ1) is 16.4. The fraction of sp³-hybridized carbons (Fsp3) is 0.296. The van der Waals surface area contributed by atoms with E-state index in [2.05, 4.69) is 42.3 Å². The van der Waals surface area contributed by atoms with Gasteiger partial charge in [-0.2, -0.15) is 0 Å². The number of hydrogen-bond donors (Lipinski definition) is 1. The first-order valence-electron chi connectivity index (χ1n) is 11.2. The number of thiocarbonyl (C=S) groups is 1. The molecule has 0 radical (unpaired) electrons. The minimum absolute atomic E-state index is 0.168. The predicted molar refractivity (Wildman–Crippen MR) is 137 cm³/mol. The highest BCUT2D eigenvalue weighted by Crippen LogP contribution is 2.39.